The quantitative estimate of drug-likeness (QED) is 0.653. The highest BCUT2D eigenvalue weighted by molar-refractivity contribution is 5.84. The number of hydrogen-bond donors (Lipinski definition) is 0. The van der Waals surface area contributed by atoms with Gasteiger partial charge in [0.15, 0.2) is 6.61 Å². The Balaban J connectivity index is 1.19. The van der Waals surface area contributed by atoms with E-state index in [1.807, 2.05) is 45.9 Å². The summed E-state index contributed by atoms with van der Waals surface area (Å²) in [6.45, 7) is 1.37. The molecule has 2 aromatic carbocycles. The van der Waals surface area contributed by atoms with Crippen LogP contribution in [0.1, 0.15) is 43.5 Å². The first-order valence-electron chi connectivity index (χ1n) is 10.6. The van der Waals surface area contributed by atoms with Gasteiger partial charge in [-0.1, -0.05) is 30.3 Å². The highest BCUT2D eigenvalue weighted by Gasteiger charge is 2.34. The second-order valence-electron chi connectivity index (χ2n) is 8.32. The predicted octanol–water partition coefficient (Wildman–Crippen LogP) is 2.85. The van der Waals surface area contributed by atoms with Crippen LogP contribution in [0.3, 0.4) is 0 Å². The molecule has 1 aliphatic carbocycles. The molecule has 1 aliphatic heterocycles. The van der Waals surface area contributed by atoms with Gasteiger partial charge in [-0.15, -0.1) is 0 Å². The number of nitrogens with zero attached hydrogens (tertiary/aromatic N) is 4. The molecule has 1 saturated heterocycles. The standard InChI is InChI=1S/C23H26N4O3/c1-25-23(29)27(19-7-8-19)22(24-25)17-10-12-26(13-11-17)21(28)15-30-20-9-6-16-4-2-3-5-18(16)14-20/h2-6,9,14,17,19H,7-8,10-13,15H2,1H3. The van der Waals surface area contributed by atoms with Crippen LogP contribution in [0.2, 0.25) is 0 Å². The van der Waals surface area contributed by atoms with Gasteiger partial charge in [0.05, 0.1) is 0 Å². The fraction of sp³-hybridized carbons (Fsp3) is 0.435. The zero-order valence-corrected chi connectivity index (χ0v) is 17.2. The summed E-state index contributed by atoms with van der Waals surface area (Å²) in [4.78, 5) is 26.9. The first kappa shape index (κ1) is 18.9. The number of aromatic nitrogens is 3. The molecule has 2 fully saturated rings. The Morgan fingerprint density at radius 1 is 1.07 bits per heavy atom. The molecule has 30 heavy (non-hydrogen) atoms. The number of fused-ring (bicyclic) bond motifs is 1. The number of likely N-dealkylation sites (tertiary alicyclic amines) is 1. The molecule has 7 nitrogen and oxygen atoms in total. The highest BCUT2D eigenvalue weighted by atomic mass is 16.5. The van der Waals surface area contributed by atoms with Crippen LogP contribution in [-0.4, -0.2) is 44.9 Å². The largest absolute Gasteiger partial charge is 0.484 e. The molecule has 0 radical (unpaired) electrons. The molecule has 0 unspecified atom stereocenters. The molecule has 1 aromatic heterocycles. The Labute approximate surface area is 174 Å². The maximum Gasteiger partial charge on any atom is 0.345 e. The first-order chi connectivity index (χ1) is 14.6. The lowest BCUT2D eigenvalue weighted by molar-refractivity contribution is -0.134. The summed E-state index contributed by atoms with van der Waals surface area (Å²) >= 11 is 0. The lowest BCUT2D eigenvalue weighted by atomic mass is 9.96. The Bertz CT molecular complexity index is 1140. The van der Waals surface area contributed by atoms with Crippen molar-refractivity contribution >= 4 is 16.7 Å². The van der Waals surface area contributed by atoms with Crippen molar-refractivity contribution in [3.05, 3.63) is 58.8 Å². The number of ether oxygens (including phenoxy) is 1. The number of rotatable bonds is 5. The third-order valence-electron chi connectivity index (χ3n) is 6.19. The van der Waals surface area contributed by atoms with E-state index in [9.17, 15) is 9.59 Å². The molecule has 3 aromatic rings. The second-order valence-corrected chi connectivity index (χ2v) is 8.32. The fourth-order valence-corrected chi connectivity index (χ4v) is 4.33. The van der Waals surface area contributed by atoms with Crippen LogP contribution in [0.4, 0.5) is 0 Å². The average molecular weight is 406 g/mol. The molecule has 0 N–H and O–H groups in total. The van der Waals surface area contributed by atoms with Gasteiger partial charge in [-0.05, 0) is 48.6 Å². The van der Waals surface area contributed by atoms with E-state index in [1.165, 1.54) is 4.68 Å². The topological polar surface area (TPSA) is 69.4 Å². The van der Waals surface area contributed by atoms with Gasteiger partial charge >= 0.3 is 5.69 Å². The third kappa shape index (κ3) is 3.60. The minimum absolute atomic E-state index is 0.00205. The van der Waals surface area contributed by atoms with Crippen molar-refractivity contribution in [2.75, 3.05) is 19.7 Å². The number of amides is 1. The molecular formula is C23H26N4O3. The van der Waals surface area contributed by atoms with E-state index in [0.29, 0.717) is 24.9 Å². The van der Waals surface area contributed by atoms with Crippen molar-refractivity contribution in [2.45, 2.75) is 37.6 Å². The summed E-state index contributed by atoms with van der Waals surface area (Å²) in [5.41, 5.74) is -0.0187. The Hall–Kier alpha value is -3.09. The Kier molecular flexibility index (Phi) is 4.81. The SMILES string of the molecule is Cn1nc(C2CCN(C(=O)COc3ccc4ccccc4c3)CC2)n(C2CC2)c1=O. The summed E-state index contributed by atoms with van der Waals surface area (Å²) in [6, 6.07) is 14.3. The summed E-state index contributed by atoms with van der Waals surface area (Å²) in [5, 5.41) is 6.75. The van der Waals surface area contributed by atoms with Crippen molar-refractivity contribution < 1.29 is 9.53 Å². The maximum absolute atomic E-state index is 12.6. The van der Waals surface area contributed by atoms with Crippen LogP contribution in [0, 0.1) is 0 Å². The van der Waals surface area contributed by atoms with E-state index in [2.05, 4.69) is 11.2 Å². The molecule has 0 spiro atoms. The fourth-order valence-electron chi connectivity index (χ4n) is 4.33. The number of hydrogen-bond acceptors (Lipinski definition) is 4. The first-order valence-corrected chi connectivity index (χ1v) is 10.6. The summed E-state index contributed by atoms with van der Waals surface area (Å²) in [6.07, 6.45) is 3.76. The lowest BCUT2D eigenvalue weighted by Gasteiger charge is -2.31. The minimum Gasteiger partial charge on any atom is -0.484 e. The smallest absolute Gasteiger partial charge is 0.345 e. The maximum atomic E-state index is 12.6. The zero-order valence-electron chi connectivity index (χ0n) is 17.2. The molecule has 0 bridgehead atoms. The van der Waals surface area contributed by atoms with Gasteiger partial charge < -0.3 is 9.64 Å². The van der Waals surface area contributed by atoms with Crippen LogP contribution < -0.4 is 10.4 Å². The predicted molar refractivity (Wildman–Crippen MR) is 114 cm³/mol. The molecule has 5 rings (SSSR count). The van der Waals surface area contributed by atoms with Crippen LogP contribution in [0.15, 0.2) is 47.3 Å². The molecule has 0 atom stereocenters. The van der Waals surface area contributed by atoms with Crippen molar-refractivity contribution in [1.29, 1.82) is 0 Å². The Morgan fingerprint density at radius 2 is 1.80 bits per heavy atom. The van der Waals surface area contributed by atoms with Crippen molar-refractivity contribution in [3.8, 4) is 5.75 Å². The van der Waals surface area contributed by atoms with E-state index >= 15 is 0 Å². The second kappa shape index (κ2) is 7.63. The lowest BCUT2D eigenvalue weighted by Crippen LogP contribution is -2.41. The van der Waals surface area contributed by atoms with Gasteiger partial charge in [-0.3, -0.25) is 9.36 Å². The monoisotopic (exact) mass is 406 g/mol. The zero-order chi connectivity index (χ0) is 20.7. The minimum atomic E-state index is -0.0187. The van der Waals surface area contributed by atoms with Crippen LogP contribution in [0.25, 0.3) is 10.8 Å². The highest BCUT2D eigenvalue weighted by Crippen LogP contribution is 2.37. The number of carbonyl (C=O) groups is 1. The Morgan fingerprint density at radius 3 is 2.53 bits per heavy atom. The van der Waals surface area contributed by atoms with Crippen LogP contribution in [-0.2, 0) is 11.8 Å². The molecule has 156 valence electrons. The molecule has 2 heterocycles. The van der Waals surface area contributed by atoms with Gasteiger partial charge in [0.25, 0.3) is 5.91 Å². The number of benzene rings is 2. The summed E-state index contributed by atoms with van der Waals surface area (Å²) < 4.78 is 9.09. The third-order valence-corrected chi connectivity index (χ3v) is 6.19. The number of piperidine rings is 1. The van der Waals surface area contributed by atoms with Gasteiger partial charge in [-0.25, -0.2) is 9.48 Å². The normalized spacial score (nSPS) is 17.4. The van der Waals surface area contributed by atoms with E-state index < -0.39 is 0 Å². The van der Waals surface area contributed by atoms with Gasteiger partial charge in [-0.2, -0.15) is 5.10 Å². The average Bonchev–Trinajstić information content (AvgIpc) is 3.57. The molecule has 2 aliphatic rings. The van der Waals surface area contributed by atoms with Gasteiger partial charge in [0.2, 0.25) is 0 Å². The van der Waals surface area contributed by atoms with E-state index in [0.717, 1.165) is 42.3 Å². The molecule has 1 saturated carbocycles. The van der Waals surface area contributed by atoms with E-state index in [4.69, 9.17) is 4.74 Å². The summed E-state index contributed by atoms with van der Waals surface area (Å²) in [5.74, 6) is 1.83. The van der Waals surface area contributed by atoms with E-state index in [1.54, 1.807) is 7.05 Å². The molecule has 7 heteroatoms. The van der Waals surface area contributed by atoms with Crippen molar-refractivity contribution in [2.24, 2.45) is 7.05 Å². The molecular weight excluding hydrogens is 380 g/mol. The van der Waals surface area contributed by atoms with Crippen LogP contribution >= 0.6 is 0 Å². The summed E-state index contributed by atoms with van der Waals surface area (Å²) in [7, 11) is 1.72. The van der Waals surface area contributed by atoms with Gasteiger partial charge in [0.1, 0.15) is 11.6 Å². The number of aryl methyl sites for hydroxylation is 1. The van der Waals surface area contributed by atoms with E-state index in [-0.39, 0.29) is 24.1 Å². The molecule has 1 amide bonds. The van der Waals surface area contributed by atoms with Crippen molar-refractivity contribution in [3.63, 3.8) is 0 Å². The van der Waals surface area contributed by atoms with Gasteiger partial charge in [0, 0.05) is 32.1 Å². The van der Waals surface area contributed by atoms with Crippen LogP contribution in [0.5, 0.6) is 5.75 Å². The number of carbonyl (C=O) groups excluding carboxylic acids is 1. The van der Waals surface area contributed by atoms with Crippen molar-refractivity contribution in [1.82, 2.24) is 19.2 Å².